The summed E-state index contributed by atoms with van der Waals surface area (Å²) < 4.78 is 0. The maximum absolute atomic E-state index is 12.5. The quantitative estimate of drug-likeness (QED) is 0.642. The fraction of sp³-hybridized carbons (Fsp3) is 0.522. The van der Waals surface area contributed by atoms with Gasteiger partial charge < -0.3 is 16.0 Å². The van der Waals surface area contributed by atoms with Crippen LogP contribution in [-0.2, 0) is 4.79 Å². The van der Waals surface area contributed by atoms with Crippen LogP contribution < -0.4 is 16.0 Å². The molecule has 158 valence electrons. The lowest BCUT2D eigenvalue weighted by Crippen LogP contribution is -2.61. The van der Waals surface area contributed by atoms with Crippen molar-refractivity contribution in [2.45, 2.75) is 50.5 Å². The molecule has 0 aliphatic heterocycles. The molecule has 6 nitrogen and oxygen atoms in total. The Hall–Kier alpha value is -2.41. The van der Waals surface area contributed by atoms with Gasteiger partial charge in [-0.05, 0) is 80.5 Å². The Kier molecular flexibility index (Phi) is 5.23. The van der Waals surface area contributed by atoms with E-state index in [1.165, 1.54) is 19.3 Å². The number of benzene rings is 1. The van der Waals surface area contributed by atoms with Gasteiger partial charge in [-0.1, -0.05) is 0 Å². The third kappa shape index (κ3) is 4.21. The van der Waals surface area contributed by atoms with Gasteiger partial charge in [0.05, 0.1) is 0 Å². The second kappa shape index (κ2) is 8.02. The zero-order valence-corrected chi connectivity index (χ0v) is 17.8. The van der Waals surface area contributed by atoms with E-state index < -0.39 is 0 Å². The van der Waals surface area contributed by atoms with Gasteiger partial charge in [0.2, 0.25) is 5.91 Å². The number of nitrogens with one attached hydrogen (secondary N) is 3. The van der Waals surface area contributed by atoms with Gasteiger partial charge in [0.1, 0.15) is 5.01 Å². The highest BCUT2D eigenvalue weighted by molar-refractivity contribution is 7.13. The molecule has 1 aromatic heterocycles. The summed E-state index contributed by atoms with van der Waals surface area (Å²) in [4.78, 5) is 29.0. The molecule has 4 bridgehead atoms. The van der Waals surface area contributed by atoms with Crippen molar-refractivity contribution >= 4 is 29.0 Å². The number of carbonyl (C=O) groups is 2. The molecule has 1 aromatic carbocycles. The second-order valence-corrected chi connectivity index (χ2v) is 10.2. The highest BCUT2D eigenvalue weighted by atomic mass is 32.1. The molecule has 3 N–H and O–H groups in total. The van der Waals surface area contributed by atoms with Gasteiger partial charge in [0.15, 0.2) is 0 Å². The number of thiazole rings is 1. The first-order valence-electron chi connectivity index (χ1n) is 10.9. The Balaban J connectivity index is 1.06. The summed E-state index contributed by atoms with van der Waals surface area (Å²) in [6, 6.07) is 7.53. The number of amides is 3. The van der Waals surface area contributed by atoms with Gasteiger partial charge in [-0.3, -0.25) is 4.79 Å². The molecule has 3 amide bonds. The molecule has 4 aliphatic rings. The van der Waals surface area contributed by atoms with Gasteiger partial charge in [0, 0.05) is 41.3 Å². The third-order valence-corrected chi connectivity index (χ3v) is 7.72. The lowest BCUT2D eigenvalue weighted by Gasteiger charge is -2.56. The van der Waals surface area contributed by atoms with Crippen LogP contribution in [0.25, 0.3) is 10.6 Å². The molecule has 0 spiro atoms. The van der Waals surface area contributed by atoms with Crippen molar-refractivity contribution in [3.63, 3.8) is 0 Å². The topological polar surface area (TPSA) is 83.1 Å². The van der Waals surface area contributed by atoms with Gasteiger partial charge >= 0.3 is 6.03 Å². The first kappa shape index (κ1) is 19.5. The Morgan fingerprint density at radius 3 is 2.30 bits per heavy atom. The molecule has 4 fully saturated rings. The Bertz CT molecular complexity index is 875. The van der Waals surface area contributed by atoms with Crippen molar-refractivity contribution in [2.75, 3.05) is 11.9 Å². The summed E-state index contributed by atoms with van der Waals surface area (Å²) in [6.07, 6.45) is 9.48. The van der Waals surface area contributed by atoms with Crippen molar-refractivity contribution < 1.29 is 9.59 Å². The molecule has 30 heavy (non-hydrogen) atoms. The molecule has 6 rings (SSSR count). The molecule has 4 saturated carbocycles. The summed E-state index contributed by atoms with van der Waals surface area (Å²) in [6.45, 7) is 0.335. The summed E-state index contributed by atoms with van der Waals surface area (Å²) >= 11 is 1.58. The smallest absolute Gasteiger partial charge is 0.315 e. The molecule has 7 heteroatoms. The van der Waals surface area contributed by atoms with Crippen molar-refractivity contribution in [3.05, 3.63) is 35.8 Å². The van der Waals surface area contributed by atoms with Gasteiger partial charge in [-0.2, -0.15) is 0 Å². The number of carbonyl (C=O) groups excluding carboxylic acids is 2. The van der Waals surface area contributed by atoms with E-state index in [9.17, 15) is 9.59 Å². The first-order valence-corrected chi connectivity index (χ1v) is 11.8. The van der Waals surface area contributed by atoms with Crippen LogP contribution in [0.5, 0.6) is 0 Å². The minimum Gasteiger partial charge on any atom is -0.338 e. The predicted molar refractivity (Wildman–Crippen MR) is 118 cm³/mol. The maximum Gasteiger partial charge on any atom is 0.315 e. The lowest BCUT2D eigenvalue weighted by molar-refractivity contribution is -0.116. The highest BCUT2D eigenvalue weighted by Crippen LogP contribution is 2.55. The van der Waals surface area contributed by atoms with Crippen LogP contribution in [0.1, 0.15) is 44.9 Å². The normalized spacial score (nSPS) is 28.9. The number of aromatic nitrogens is 1. The third-order valence-electron chi connectivity index (χ3n) is 6.90. The fourth-order valence-corrected chi connectivity index (χ4v) is 6.77. The van der Waals surface area contributed by atoms with E-state index in [-0.39, 0.29) is 23.9 Å². The number of rotatable bonds is 6. The van der Waals surface area contributed by atoms with E-state index in [2.05, 4.69) is 20.9 Å². The van der Waals surface area contributed by atoms with Crippen LogP contribution in [0.3, 0.4) is 0 Å². The standard InChI is InChI=1S/C23H28N4O2S/c28-20(26-19-3-1-18(2-4-19)21-24-7-8-30-21)5-6-25-22(29)27-23-12-15-9-16(13-23)11-17(10-15)14-23/h1-4,7-8,15-17H,5-6,9-14H2,(H,26,28)(H2,25,27,29). The molecular weight excluding hydrogens is 396 g/mol. The Labute approximate surface area is 180 Å². The van der Waals surface area contributed by atoms with E-state index in [0.717, 1.165) is 53.3 Å². The van der Waals surface area contributed by atoms with Crippen LogP contribution in [-0.4, -0.2) is 29.0 Å². The highest BCUT2D eigenvalue weighted by Gasteiger charge is 2.51. The zero-order valence-electron chi connectivity index (χ0n) is 17.0. The van der Waals surface area contributed by atoms with Crippen LogP contribution >= 0.6 is 11.3 Å². The molecule has 1 heterocycles. The fourth-order valence-electron chi connectivity index (χ4n) is 6.12. The number of nitrogens with zero attached hydrogens (tertiary/aromatic N) is 1. The number of urea groups is 1. The average molecular weight is 425 g/mol. The molecular formula is C23H28N4O2S. The maximum atomic E-state index is 12.5. The molecule has 4 aliphatic carbocycles. The molecule has 0 radical (unpaired) electrons. The van der Waals surface area contributed by atoms with Crippen molar-refractivity contribution in [1.29, 1.82) is 0 Å². The van der Waals surface area contributed by atoms with E-state index in [1.54, 1.807) is 17.5 Å². The van der Waals surface area contributed by atoms with E-state index in [1.807, 2.05) is 29.6 Å². The molecule has 0 unspecified atom stereocenters. The Morgan fingerprint density at radius 2 is 1.70 bits per heavy atom. The Morgan fingerprint density at radius 1 is 1.03 bits per heavy atom. The van der Waals surface area contributed by atoms with Crippen molar-refractivity contribution in [2.24, 2.45) is 17.8 Å². The number of hydrogen-bond donors (Lipinski definition) is 3. The predicted octanol–water partition coefficient (Wildman–Crippen LogP) is 4.41. The number of anilines is 1. The largest absolute Gasteiger partial charge is 0.338 e. The number of hydrogen-bond acceptors (Lipinski definition) is 4. The zero-order chi connectivity index (χ0) is 20.6. The average Bonchev–Trinajstić information content (AvgIpc) is 3.22. The second-order valence-electron chi connectivity index (χ2n) is 9.29. The molecule has 0 saturated heterocycles. The van der Waals surface area contributed by atoms with Crippen LogP contribution in [0, 0.1) is 17.8 Å². The van der Waals surface area contributed by atoms with Crippen LogP contribution in [0.15, 0.2) is 35.8 Å². The summed E-state index contributed by atoms with van der Waals surface area (Å²) in [7, 11) is 0. The van der Waals surface area contributed by atoms with Gasteiger partial charge in [-0.15, -0.1) is 11.3 Å². The van der Waals surface area contributed by atoms with E-state index in [4.69, 9.17) is 0 Å². The minimum atomic E-state index is -0.127. The van der Waals surface area contributed by atoms with Crippen molar-refractivity contribution in [3.8, 4) is 10.6 Å². The van der Waals surface area contributed by atoms with Crippen molar-refractivity contribution in [1.82, 2.24) is 15.6 Å². The molecule has 0 atom stereocenters. The first-order chi connectivity index (χ1) is 14.6. The summed E-state index contributed by atoms with van der Waals surface area (Å²) in [5.74, 6) is 2.28. The lowest BCUT2D eigenvalue weighted by atomic mass is 9.53. The summed E-state index contributed by atoms with van der Waals surface area (Å²) in [5.41, 5.74) is 1.78. The summed E-state index contributed by atoms with van der Waals surface area (Å²) in [5, 5.41) is 12.0. The van der Waals surface area contributed by atoms with Gasteiger partial charge in [0.25, 0.3) is 0 Å². The van der Waals surface area contributed by atoms with Crippen LogP contribution in [0.4, 0.5) is 10.5 Å². The SMILES string of the molecule is O=C(CCNC(=O)NC12CC3CC(CC(C3)C1)C2)Nc1ccc(-c2nccs2)cc1. The van der Waals surface area contributed by atoms with Gasteiger partial charge in [-0.25, -0.2) is 9.78 Å². The van der Waals surface area contributed by atoms with E-state index >= 15 is 0 Å². The molecule has 2 aromatic rings. The monoisotopic (exact) mass is 424 g/mol. The van der Waals surface area contributed by atoms with E-state index in [0.29, 0.717) is 6.54 Å². The minimum absolute atomic E-state index is 0.000257. The van der Waals surface area contributed by atoms with Crippen LogP contribution in [0.2, 0.25) is 0 Å².